The van der Waals surface area contributed by atoms with E-state index >= 15 is 0 Å². The Labute approximate surface area is 123 Å². The van der Waals surface area contributed by atoms with Crippen molar-refractivity contribution in [1.29, 1.82) is 0 Å². The van der Waals surface area contributed by atoms with Crippen LogP contribution in [0, 0.1) is 0 Å². The van der Waals surface area contributed by atoms with Gasteiger partial charge in [0.1, 0.15) is 10.7 Å². The summed E-state index contributed by atoms with van der Waals surface area (Å²) in [4.78, 5) is 19.7. The summed E-state index contributed by atoms with van der Waals surface area (Å²) in [6, 6.07) is 11.1. The Morgan fingerprint density at radius 2 is 1.90 bits per heavy atom. The van der Waals surface area contributed by atoms with E-state index in [-0.39, 0.29) is 5.56 Å². The van der Waals surface area contributed by atoms with Crippen molar-refractivity contribution in [3.05, 3.63) is 64.3 Å². The molecular weight excluding hydrogens is 288 g/mol. The molecule has 3 aromatic heterocycles. The predicted molar refractivity (Wildman–Crippen MR) is 82.0 cm³/mol. The maximum Gasteiger partial charge on any atom is 0.295 e. The molecule has 0 saturated heterocycles. The summed E-state index contributed by atoms with van der Waals surface area (Å²) in [5.41, 5.74) is 1.80. The Morgan fingerprint density at radius 3 is 2.71 bits per heavy atom. The fourth-order valence-electron chi connectivity index (χ4n) is 2.42. The lowest BCUT2D eigenvalue weighted by molar-refractivity contribution is 0.815. The third-order valence-corrected chi connectivity index (χ3v) is 3.63. The molecule has 102 valence electrons. The number of benzene rings is 1. The maximum atomic E-state index is 12.6. The number of halogens is 1. The minimum absolute atomic E-state index is 0.215. The first-order valence-electron chi connectivity index (χ1n) is 6.35. The Balaban J connectivity index is 2.04. The molecule has 6 heteroatoms. The van der Waals surface area contributed by atoms with Crippen LogP contribution in [0.5, 0.6) is 0 Å². The van der Waals surface area contributed by atoms with Crippen molar-refractivity contribution in [3.63, 3.8) is 0 Å². The van der Waals surface area contributed by atoms with Crippen LogP contribution in [0.15, 0.2) is 53.6 Å². The molecule has 0 atom stereocenters. The van der Waals surface area contributed by atoms with Crippen LogP contribution < -0.4 is 5.56 Å². The number of H-pyrrole nitrogens is 1. The predicted octanol–water partition coefficient (Wildman–Crippen LogP) is 2.92. The van der Waals surface area contributed by atoms with Gasteiger partial charge in [0, 0.05) is 16.3 Å². The second-order valence-corrected chi connectivity index (χ2v) is 5.05. The fourth-order valence-corrected chi connectivity index (χ4v) is 2.53. The molecule has 0 aliphatic heterocycles. The maximum absolute atomic E-state index is 12.6. The van der Waals surface area contributed by atoms with E-state index in [1.807, 2.05) is 24.3 Å². The van der Waals surface area contributed by atoms with Gasteiger partial charge in [0.15, 0.2) is 0 Å². The van der Waals surface area contributed by atoms with E-state index in [2.05, 4.69) is 15.1 Å². The molecule has 1 aromatic carbocycles. The lowest BCUT2D eigenvalue weighted by Gasteiger charge is -2.03. The van der Waals surface area contributed by atoms with Gasteiger partial charge in [0.05, 0.1) is 18.1 Å². The van der Waals surface area contributed by atoms with Gasteiger partial charge in [-0.05, 0) is 18.2 Å². The highest BCUT2D eigenvalue weighted by atomic mass is 35.5. The monoisotopic (exact) mass is 296 g/mol. The zero-order chi connectivity index (χ0) is 14.4. The number of para-hydroxylation sites is 1. The molecule has 0 amide bonds. The molecule has 4 rings (SSSR count). The van der Waals surface area contributed by atoms with Gasteiger partial charge in [-0.1, -0.05) is 29.8 Å². The number of nitrogens with zero attached hydrogens (tertiary/aromatic N) is 3. The van der Waals surface area contributed by atoms with Crippen molar-refractivity contribution in [1.82, 2.24) is 19.7 Å². The van der Waals surface area contributed by atoms with E-state index in [1.54, 1.807) is 18.3 Å². The topological polar surface area (TPSA) is 63.6 Å². The highest BCUT2D eigenvalue weighted by Crippen LogP contribution is 2.22. The number of rotatable bonds is 1. The molecule has 0 bridgehead atoms. The van der Waals surface area contributed by atoms with Crippen molar-refractivity contribution in [2.45, 2.75) is 0 Å². The van der Waals surface area contributed by atoms with Gasteiger partial charge in [-0.2, -0.15) is 9.78 Å². The zero-order valence-electron chi connectivity index (χ0n) is 10.7. The lowest BCUT2D eigenvalue weighted by Crippen LogP contribution is -2.21. The van der Waals surface area contributed by atoms with E-state index in [0.717, 1.165) is 16.3 Å². The standard InChI is InChI=1S/C15H9ClN4O/c16-13-6-5-9(7-17-13)20-15(21)14-11(8-18-20)10-3-1-2-4-12(10)19-14/h1-8,19H. The van der Waals surface area contributed by atoms with E-state index in [1.165, 1.54) is 10.9 Å². The highest BCUT2D eigenvalue weighted by Gasteiger charge is 2.11. The molecule has 0 unspecified atom stereocenters. The molecule has 0 aliphatic carbocycles. The van der Waals surface area contributed by atoms with Gasteiger partial charge in [-0.25, -0.2) is 4.98 Å². The summed E-state index contributed by atoms with van der Waals surface area (Å²) in [7, 11) is 0. The summed E-state index contributed by atoms with van der Waals surface area (Å²) in [6.07, 6.45) is 3.20. The summed E-state index contributed by atoms with van der Waals surface area (Å²) in [5, 5.41) is 6.40. The van der Waals surface area contributed by atoms with Crippen molar-refractivity contribution >= 4 is 33.4 Å². The molecule has 1 N–H and O–H groups in total. The lowest BCUT2D eigenvalue weighted by atomic mass is 10.2. The first-order valence-corrected chi connectivity index (χ1v) is 6.72. The number of aromatic amines is 1. The van der Waals surface area contributed by atoms with Crippen LogP contribution in [-0.4, -0.2) is 19.7 Å². The first-order chi connectivity index (χ1) is 10.2. The van der Waals surface area contributed by atoms with Gasteiger partial charge in [-0.15, -0.1) is 0 Å². The van der Waals surface area contributed by atoms with Crippen LogP contribution >= 0.6 is 11.6 Å². The molecule has 0 spiro atoms. The molecule has 3 heterocycles. The highest BCUT2D eigenvalue weighted by molar-refractivity contribution is 6.29. The average molecular weight is 297 g/mol. The van der Waals surface area contributed by atoms with Gasteiger partial charge < -0.3 is 4.98 Å². The van der Waals surface area contributed by atoms with Crippen LogP contribution in [0.25, 0.3) is 27.5 Å². The largest absolute Gasteiger partial charge is 0.350 e. The Hall–Kier alpha value is -2.66. The summed E-state index contributed by atoms with van der Waals surface area (Å²) in [6.45, 7) is 0. The number of hydrogen-bond acceptors (Lipinski definition) is 3. The number of hydrogen-bond donors (Lipinski definition) is 1. The van der Waals surface area contributed by atoms with E-state index in [4.69, 9.17) is 11.6 Å². The number of aromatic nitrogens is 4. The minimum Gasteiger partial charge on any atom is -0.350 e. The van der Waals surface area contributed by atoms with Gasteiger partial charge in [0.2, 0.25) is 0 Å². The first kappa shape index (κ1) is 12.1. The van der Waals surface area contributed by atoms with Crippen molar-refractivity contribution < 1.29 is 0 Å². The van der Waals surface area contributed by atoms with Crippen LogP contribution in [-0.2, 0) is 0 Å². The van der Waals surface area contributed by atoms with Crippen molar-refractivity contribution in [2.24, 2.45) is 0 Å². The third kappa shape index (κ3) is 1.82. The van der Waals surface area contributed by atoms with Crippen LogP contribution in [0.2, 0.25) is 5.15 Å². The fraction of sp³-hybridized carbons (Fsp3) is 0. The minimum atomic E-state index is -0.215. The SMILES string of the molecule is O=c1c2[nH]c3ccccc3c2cnn1-c1ccc(Cl)nc1. The molecule has 4 aromatic rings. The molecule has 0 fully saturated rings. The number of fused-ring (bicyclic) bond motifs is 3. The Morgan fingerprint density at radius 1 is 1.05 bits per heavy atom. The summed E-state index contributed by atoms with van der Waals surface area (Å²) < 4.78 is 1.31. The van der Waals surface area contributed by atoms with Crippen molar-refractivity contribution in [2.75, 3.05) is 0 Å². The van der Waals surface area contributed by atoms with Crippen molar-refractivity contribution in [3.8, 4) is 5.69 Å². The van der Waals surface area contributed by atoms with Gasteiger partial charge >= 0.3 is 0 Å². The van der Waals surface area contributed by atoms with E-state index in [9.17, 15) is 4.79 Å². The molecule has 5 nitrogen and oxygen atoms in total. The smallest absolute Gasteiger partial charge is 0.295 e. The quantitative estimate of drug-likeness (QED) is 0.549. The van der Waals surface area contributed by atoms with E-state index < -0.39 is 0 Å². The third-order valence-electron chi connectivity index (χ3n) is 3.41. The number of nitrogens with one attached hydrogen (secondary N) is 1. The molecule has 0 saturated carbocycles. The van der Waals surface area contributed by atoms with Gasteiger partial charge in [0.25, 0.3) is 5.56 Å². The number of pyridine rings is 1. The molecule has 0 aliphatic rings. The molecule has 0 radical (unpaired) electrons. The Kier molecular flexibility index (Phi) is 2.55. The average Bonchev–Trinajstić information content (AvgIpc) is 2.89. The Bertz CT molecular complexity index is 1020. The summed E-state index contributed by atoms with van der Waals surface area (Å²) >= 11 is 5.76. The molecular formula is C15H9ClN4O. The zero-order valence-corrected chi connectivity index (χ0v) is 11.5. The molecule has 21 heavy (non-hydrogen) atoms. The second-order valence-electron chi connectivity index (χ2n) is 4.66. The van der Waals surface area contributed by atoms with Crippen LogP contribution in [0.4, 0.5) is 0 Å². The van der Waals surface area contributed by atoms with Gasteiger partial charge in [-0.3, -0.25) is 4.79 Å². The van der Waals surface area contributed by atoms with Crippen LogP contribution in [0.3, 0.4) is 0 Å². The normalized spacial score (nSPS) is 11.3. The summed E-state index contributed by atoms with van der Waals surface area (Å²) in [5.74, 6) is 0. The second kappa shape index (κ2) is 4.43. The van der Waals surface area contributed by atoms with E-state index in [0.29, 0.717) is 16.4 Å². The van der Waals surface area contributed by atoms with Crippen LogP contribution in [0.1, 0.15) is 0 Å².